The van der Waals surface area contributed by atoms with E-state index in [1.165, 1.54) is 7.11 Å². The Hall–Kier alpha value is -2.99. The molecule has 0 aromatic heterocycles. The monoisotopic (exact) mass is 398 g/mol. The van der Waals surface area contributed by atoms with Gasteiger partial charge >= 0.3 is 5.97 Å². The summed E-state index contributed by atoms with van der Waals surface area (Å²) in [6, 6.07) is 13.6. The number of carbonyl (C=O) groups is 3. The minimum absolute atomic E-state index is 0.260. The highest BCUT2D eigenvalue weighted by Gasteiger charge is 2.38. The van der Waals surface area contributed by atoms with E-state index in [2.05, 4.69) is 9.73 Å². The quantitative estimate of drug-likeness (QED) is 0.322. The smallest absolute Gasteiger partial charge is 0.305 e. The van der Waals surface area contributed by atoms with Crippen molar-refractivity contribution in [2.24, 2.45) is 4.99 Å². The largest absolute Gasteiger partial charge is 0.469 e. The van der Waals surface area contributed by atoms with Crippen LogP contribution >= 0.6 is 11.6 Å². The molecule has 2 aromatic rings. The molecule has 0 radical (unpaired) electrons. The Kier molecular flexibility index (Phi) is 6.21. The number of imide groups is 1. The number of rotatable bonds is 6. The first-order valence-corrected chi connectivity index (χ1v) is 9.20. The number of anilines is 1. The summed E-state index contributed by atoms with van der Waals surface area (Å²) in [6.07, 6.45) is 2.32. The summed E-state index contributed by atoms with van der Waals surface area (Å²) in [5, 5.41) is 0.435. The number of nitrogens with zero attached hydrogens (tertiary/aromatic N) is 2. The maximum absolute atomic E-state index is 13.1. The Morgan fingerprint density at radius 3 is 2.75 bits per heavy atom. The number of esters is 1. The molecule has 1 aliphatic rings. The van der Waals surface area contributed by atoms with Gasteiger partial charge in [0.2, 0.25) is 5.91 Å². The molecule has 7 heteroatoms. The van der Waals surface area contributed by atoms with Crippen molar-refractivity contribution >= 4 is 41.3 Å². The van der Waals surface area contributed by atoms with E-state index in [-0.39, 0.29) is 18.3 Å². The predicted molar refractivity (Wildman–Crippen MR) is 107 cm³/mol. The Bertz CT molecular complexity index is 942. The van der Waals surface area contributed by atoms with E-state index in [1.54, 1.807) is 54.7 Å². The van der Waals surface area contributed by atoms with Crippen molar-refractivity contribution in [2.75, 3.05) is 18.6 Å². The summed E-state index contributed by atoms with van der Waals surface area (Å²) in [5.74, 6) is -1.76. The minimum Gasteiger partial charge on any atom is -0.469 e. The first-order chi connectivity index (χ1) is 13.5. The Morgan fingerprint density at radius 2 is 2.00 bits per heavy atom. The second kappa shape index (κ2) is 8.80. The van der Waals surface area contributed by atoms with Crippen molar-refractivity contribution in [3.05, 3.63) is 64.7 Å². The zero-order chi connectivity index (χ0) is 20.1. The van der Waals surface area contributed by atoms with Gasteiger partial charge in [0, 0.05) is 29.8 Å². The van der Waals surface area contributed by atoms with Gasteiger partial charge in [0.15, 0.2) is 0 Å². The summed E-state index contributed by atoms with van der Waals surface area (Å²) in [4.78, 5) is 42.7. The van der Waals surface area contributed by atoms with Crippen molar-refractivity contribution in [1.82, 2.24) is 0 Å². The molecule has 0 spiro atoms. The molecule has 6 nitrogen and oxygen atoms in total. The number of halogens is 1. The molecule has 0 N–H and O–H groups in total. The Balaban J connectivity index is 1.88. The van der Waals surface area contributed by atoms with Gasteiger partial charge in [-0.3, -0.25) is 19.4 Å². The second-order valence-electron chi connectivity index (χ2n) is 6.26. The maximum Gasteiger partial charge on any atom is 0.305 e. The van der Waals surface area contributed by atoms with Crippen LogP contribution in [0.5, 0.6) is 0 Å². The van der Waals surface area contributed by atoms with E-state index in [0.717, 1.165) is 4.90 Å². The number of carbonyl (C=O) groups excluding carboxylic acids is 3. The summed E-state index contributed by atoms with van der Waals surface area (Å²) in [7, 11) is 1.34. The molecule has 0 saturated heterocycles. The van der Waals surface area contributed by atoms with Crippen molar-refractivity contribution < 1.29 is 19.1 Å². The number of ether oxygens (including phenoxy) is 1. The van der Waals surface area contributed by atoms with Crippen LogP contribution in [-0.4, -0.2) is 37.7 Å². The lowest BCUT2D eigenvalue weighted by molar-refractivity contribution is -0.140. The van der Waals surface area contributed by atoms with Gasteiger partial charge in [-0.25, -0.2) is 4.90 Å². The first kappa shape index (κ1) is 19.8. The molecule has 0 aliphatic carbocycles. The first-order valence-electron chi connectivity index (χ1n) is 8.82. The third-order valence-corrected chi connectivity index (χ3v) is 4.67. The third kappa shape index (κ3) is 4.12. The molecule has 3 rings (SSSR count). The Morgan fingerprint density at radius 1 is 1.21 bits per heavy atom. The summed E-state index contributed by atoms with van der Waals surface area (Å²) < 4.78 is 4.59. The van der Waals surface area contributed by atoms with E-state index in [9.17, 15) is 14.4 Å². The lowest BCUT2D eigenvalue weighted by Gasteiger charge is -2.31. The van der Waals surface area contributed by atoms with Crippen LogP contribution in [0.1, 0.15) is 34.7 Å². The highest BCUT2D eigenvalue weighted by atomic mass is 35.5. The van der Waals surface area contributed by atoms with Gasteiger partial charge in [-0.15, -0.1) is 0 Å². The van der Waals surface area contributed by atoms with Crippen LogP contribution < -0.4 is 4.90 Å². The van der Waals surface area contributed by atoms with E-state index in [1.807, 2.05) is 0 Å². The van der Waals surface area contributed by atoms with E-state index >= 15 is 0 Å². The number of fused-ring (bicyclic) bond motifs is 1. The van der Waals surface area contributed by atoms with Crippen molar-refractivity contribution in [1.29, 1.82) is 0 Å². The van der Waals surface area contributed by atoms with Gasteiger partial charge in [-0.05, 0) is 36.2 Å². The van der Waals surface area contributed by atoms with Crippen LogP contribution in [0.25, 0.3) is 0 Å². The molecule has 0 saturated carbocycles. The van der Waals surface area contributed by atoms with Gasteiger partial charge in [0.05, 0.1) is 18.7 Å². The molecule has 28 heavy (non-hydrogen) atoms. The summed E-state index contributed by atoms with van der Waals surface area (Å²) in [6.45, 7) is 0.381. The topological polar surface area (TPSA) is 76.0 Å². The fourth-order valence-corrected chi connectivity index (χ4v) is 3.24. The van der Waals surface area contributed by atoms with E-state index < -0.39 is 11.8 Å². The molecule has 2 aromatic carbocycles. The zero-order valence-corrected chi connectivity index (χ0v) is 16.1. The molecular formula is C21H19ClN2O4. The van der Waals surface area contributed by atoms with E-state index in [4.69, 9.17) is 11.6 Å². The molecule has 1 unspecified atom stereocenters. The van der Waals surface area contributed by atoms with Gasteiger partial charge < -0.3 is 4.74 Å². The Labute approximate surface area is 167 Å². The number of amides is 2. The second-order valence-corrected chi connectivity index (χ2v) is 6.69. The number of aliphatic imine (C=N–C) groups is 1. The minimum atomic E-state index is -0.689. The van der Waals surface area contributed by atoms with Crippen molar-refractivity contribution in [2.45, 2.75) is 18.8 Å². The highest BCUT2D eigenvalue weighted by Crippen LogP contribution is 2.32. The molecule has 144 valence electrons. The SMILES string of the molecule is COC(=O)CCCN=CC1C(=O)N(c2cccc(Cl)c2)C(=O)c2ccccc21. The lowest BCUT2D eigenvalue weighted by Crippen LogP contribution is -2.45. The van der Waals surface area contributed by atoms with Crippen LogP contribution in [0.3, 0.4) is 0 Å². The summed E-state index contributed by atoms with van der Waals surface area (Å²) in [5.41, 5.74) is 1.49. The number of hydrogen-bond donors (Lipinski definition) is 0. The molecule has 0 bridgehead atoms. The molecule has 1 aliphatic heterocycles. The number of benzene rings is 2. The van der Waals surface area contributed by atoms with Crippen LogP contribution in [-0.2, 0) is 14.3 Å². The number of hydrogen-bond acceptors (Lipinski definition) is 5. The summed E-state index contributed by atoms with van der Waals surface area (Å²) >= 11 is 6.04. The highest BCUT2D eigenvalue weighted by molar-refractivity contribution is 6.32. The van der Waals surface area contributed by atoms with Crippen LogP contribution in [0.4, 0.5) is 5.69 Å². The van der Waals surface area contributed by atoms with Crippen molar-refractivity contribution in [3.63, 3.8) is 0 Å². The molecule has 2 amide bonds. The zero-order valence-electron chi connectivity index (χ0n) is 15.3. The molecule has 1 heterocycles. The van der Waals surface area contributed by atoms with Gasteiger partial charge in [0.25, 0.3) is 5.91 Å². The van der Waals surface area contributed by atoms with Gasteiger partial charge in [-0.2, -0.15) is 0 Å². The predicted octanol–water partition coefficient (Wildman–Crippen LogP) is 3.63. The van der Waals surface area contributed by atoms with Gasteiger partial charge in [-0.1, -0.05) is 35.9 Å². The average Bonchev–Trinajstić information content (AvgIpc) is 2.70. The molecular weight excluding hydrogens is 380 g/mol. The number of methoxy groups -OCH3 is 1. The normalized spacial score (nSPS) is 16.4. The average molecular weight is 399 g/mol. The fraction of sp³-hybridized carbons (Fsp3) is 0.238. The molecule has 0 fully saturated rings. The van der Waals surface area contributed by atoms with E-state index in [0.29, 0.717) is 34.8 Å². The van der Waals surface area contributed by atoms with Crippen molar-refractivity contribution in [3.8, 4) is 0 Å². The van der Waals surface area contributed by atoms with Gasteiger partial charge in [0.1, 0.15) is 0 Å². The molecule has 1 atom stereocenters. The van der Waals surface area contributed by atoms with Crippen LogP contribution in [0.2, 0.25) is 5.02 Å². The third-order valence-electron chi connectivity index (χ3n) is 4.43. The fourth-order valence-electron chi connectivity index (χ4n) is 3.06. The maximum atomic E-state index is 13.1. The standard InChI is InChI=1S/C21H19ClN2O4/c1-28-19(25)10-5-11-23-13-18-16-8-2-3-9-17(16)20(26)24(21(18)27)15-7-4-6-14(22)12-15/h2-4,6-9,12-13,18H,5,10-11H2,1H3. The lowest BCUT2D eigenvalue weighted by atomic mass is 9.89. The van der Waals surface area contributed by atoms with Crippen LogP contribution in [0.15, 0.2) is 53.5 Å². The van der Waals surface area contributed by atoms with Crippen LogP contribution in [0, 0.1) is 0 Å².